The van der Waals surface area contributed by atoms with Gasteiger partial charge in [0.15, 0.2) is 0 Å². The van der Waals surface area contributed by atoms with Crippen LogP contribution in [0.2, 0.25) is 0 Å². The Kier molecular flexibility index (Phi) is 8.87. The molecule has 0 saturated heterocycles. The number of carbonyl (C=O) groups excluding carboxylic acids is 1. The lowest BCUT2D eigenvalue weighted by Crippen LogP contribution is -2.61. The van der Waals surface area contributed by atoms with Crippen LogP contribution in [-0.2, 0) is 16.6 Å². The molecule has 0 spiro atoms. The van der Waals surface area contributed by atoms with Gasteiger partial charge in [-0.05, 0) is 81.1 Å². The summed E-state index contributed by atoms with van der Waals surface area (Å²) in [5.41, 5.74) is 4.53. The largest absolute Gasteiger partial charge is 0.357 e. The van der Waals surface area contributed by atoms with E-state index in [4.69, 9.17) is 11.6 Å². The summed E-state index contributed by atoms with van der Waals surface area (Å²) < 4.78 is 0.936. The number of allylic oxidation sites excluding steroid dienone is 2. The Labute approximate surface area is 228 Å². The van der Waals surface area contributed by atoms with Gasteiger partial charge >= 0.3 is 0 Å². The molecular weight excluding hydrogens is 484 g/mol. The van der Waals surface area contributed by atoms with E-state index in [2.05, 4.69) is 68.3 Å². The van der Waals surface area contributed by atoms with Crippen molar-refractivity contribution in [3.05, 3.63) is 51.7 Å². The van der Waals surface area contributed by atoms with Gasteiger partial charge in [-0.3, -0.25) is 0 Å². The Bertz CT molecular complexity index is 1020. The molecule has 0 aromatic heterocycles. The summed E-state index contributed by atoms with van der Waals surface area (Å²) in [4.78, 5) is 13.9. The number of thioether (sulfide) groups is 1. The minimum atomic E-state index is -0.00512. The summed E-state index contributed by atoms with van der Waals surface area (Å²) in [5, 5.41) is 4.00. The molecule has 1 aromatic rings. The van der Waals surface area contributed by atoms with Crippen molar-refractivity contribution in [2.45, 2.75) is 109 Å². The number of hydrogen-bond acceptors (Lipinski definition) is 4. The fourth-order valence-corrected chi connectivity index (χ4v) is 8.53. The zero-order chi connectivity index (χ0) is 25.9. The van der Waals surface area contributed by atoms with Crippen LogP contribution in [-0.4, -0.2) is 17.2 Å². The SMILES string of the molecule is CC=C(NC12CC(C=C(Cl)S1)C2C)N1CC(CC)(CCCCCCC(C)=O)c2cc(CCC)ccc21. The third kappa shape index (κ3) is 5.41. The van der Waals surface area contributed by atoms with Gasteiger partial charge in [-0.2, -0.15) is 0 Å². The van der Waals surface area contributed by atoms with E-state index in [9.17, 15) is 4.79 Å². The van der Waals surface area contributed by atoms with Crippen LogP contribution < -0.4 is 10.2 Å². The van der Waals surface area contributed by atoms with E-state index >= 15 is 0 Å². The van der Waals surface area contributed by atoms with Crippen LogP contribution in [0.15, 0.2) is 40.5 Å². The van der Waals surface area contributed by atoms with Crippen molar-refractivity contribution in [1.29, 1.82) is 0 Å². The second-order valence-electron chi connectivity index (χ2n) is 11.4. The van der Waals surface area contributed by atoms with Gasteiger partial charge in [0.2, 0.25) is 0 Å². The highest BCUT2D eigenvalue weighted by Crippen LogP contribution is 2.60. The maximum atomic E-state index is 11.3. The number of ketones is 1. The second-order valence-corrected chi connectivity index (χ2v) is 13.4. The molecular formula is C31H45ClN2OS. The first-order valence-electron chi connectivity index (χ1n) is 14.2. The van der Waals surface area contributed by atoms with Gasteiger partial charge in [0.05, 0.1) is 9.24 Å². The summed E-state index contributed by atoms with van der Waals surface area (Å²) >= 11 is 8.33. The maximum Gasteiger partial charge on any atom is 0.129 e. The summed E-state index contributed by atoms with van der Waals surface area (Å²) in [5.74, 6) is 2.69. The number of nitrogens with zero attached hydrogens (tertiary/aromatic N) is 1. The minimum absolute atomic E-state index is 0.00512. The predicted octanol–water partition coefficient (Wildman–Crippen LogP) is 8.67. The fraction of sp³-hybridized carbons (Fsp3) is 0.645. The number of rotatable bonds is 13. The molecule has 1 aromatic carbocycles. The van der Waals surface area contributed by atoms with Crippen molar-refractivity contribution in [2.75, 3.05) is 11.4 Å². The van der Waals surface area contributed by atoms with Gasteiger partial charge < -0.3 is 15.0 Å². The molecule has 4 unspecified atom stereocenters. The zero-order valence-electron chi connectivity index (χ0n) is 23.0. The Balaban J connectivity index is 1.56. The van der Waals surface area contributed by atoms with Crippen LogP contribution in [0.5, 0.6) is 0 Å². The average molecular weight is 529 g/mol. The lowest BCUT2D eigenvalue weighted by Gasteiger charge is -2.56. The molecule has 2 bridgehead atoms. The highest BCUT2D eigenvalue weighted by atomic mass is 35.5. The van der Waals surface area contributed by atoms with E-state index in [1.54, 1.807) is 6.92 Å². The van der Waals surface area contributed by atoms with Gasteiger partial charge in [0.25, 0.3) is 0 Å². The number of anilines is 1. The quantitative estimate of drug-likeness (QED) is 0.259. The molecule has 198 valence electrons. The van der Waals surface area contributed by atoms with Crippen molar-refractivity contribution in [3.63, 3.8) is 0 Å². The normalized spacial score (nSPS) is 29.0. The van der Waals surface area contributed by atoms with Crippen LogP contribution in [0.25, 0.3) is 0 Å². The third-order valence-corrected chi connectivity index (χ3v) is 10.7. The van der Waals surface area contributed by atoms with Crippen molar-refractivity contribution in [1.82, 2.24) is 5.32 Å². The Morgan fingerprint density at radius 3 is 2.69 bits per heavy atom. The molecule has 1 fully saturated rings. The fourth-order valence-electron chi connectivity index (χ4n) is 6.57. The number of fused-ring (bicyclic) bond motifs is 2. The van der Waals surface area contributed by atoms with E-state index < -0.39 is 0 Å². The number of aryl methyl sites for hydroxylation is 1. The molecule has 4 atom stereocenters. The van der Waals surface area contributed by atoms with Gasteiger partial charge in [-0.25, -0.2) is 0 Å². The standard InChI is InChI=1S/C31H45ClN2OS/c1-6-13-24-15-16-27-26(18-24)30(8-3,17-12-10-9-11-14-22(4)35)21-34(27)29(7-2)33-31-20-25(23(31)5)19-28(32)36-31/h7,15-16,18-19,23,25,33H,6,8-14,17,20-21H2,1-5H3. The van der Waals surface area contributed by atoms with E-state index in [-0.39, 0.29) is 10.3 Å². The Morgan fingerprint density at radius 2 is 2.03 bits per heavy atom. The minimum Gasteiger partial charge on any atom is -0.357 e. The highest BCUT2D eigenvalue weighted by molar-refractivity contribution is 8.06. The molecule has 3 heterocycles. The van der Waals surface area contributed by atoms with Gasteiger partial charge in [-0.15, -0.1) is 0 Å². The van der Waals surface area contributed by atoms with Crippen LogP contribution in [0.4, 0.5) is 5.69 Å². The van der Waals surface area contributed by atoms with E-state index in [1.165, 1.54) is 48.3 Å². The average Bonchev–Trinajstić information content (AvgIpc) is 3.18. The van der Waals surface area contributed by atoms with Crippen molar-refractivity contribution in [2.24, 2.45) is 11.8 Å². The molecule has 3 nitrogen and oxygen atoms in total. The van der Waals surface area contributed by atoms with Crippen LogP contribution in [0.1, 0.15) is 104 Å². The first-order chi connectivity index (χ1) is 17.3. The van der Waals surface area contributed by atoms with E-state index in [0.29, 0.717) is 17.6 Å². The molecule has 4 aliphatic rings. The van der Waals surface area contributed by atoms with Crippen LogP contribution in [0.3, 0.4) is 0 Å². The van der Waals surface area contributed by atoms with Crippen molar-refractivity contribution >= 4 is 34.8 Å². The van der Waals surface area contributed by atoms with Crippen molar-refractivity contribution in [3.8, 4) is 0 Å². The zero-order valence-corrected chi connectivity index (χ0v) is 24.5. The summed E-state index contributed by atoms with van der Waals surface area (Å²) in [7, 11) is 0. The third-order valence-electron chi connectivity index (χ3n) is 8.98. The molecule has 5 heteroatoms. The van der Waals surface area contributed by atoms with Crippen molar-refractivity contribution < 1.29 is 4.79 Å². The molecule has 1 N–H and O–H groups in total. The number of unbranched alkanes of at least 4 members (excludes halogenated alkanes) is 3. The first-order valence-corrected chi connectivity index (χ1v) is 15.4. The summed E-state index contributed by atoms with van der Waals surface area (Å²) in [6.07, 6.45) is 15.6. The van der Waals surface area contributed by atoms with Crippen LogP contribution in [0, 0.1) is 11.8 Å². The molecule has 0 radical (unpaired) electrons. The number of Topliss-reactive ketones (excluding diaryl/α,β-unsaturated/α-hetero) is 1. The number of nitrogens with one attached hydrogen (secondary N) is 1. The monoisotopic (exact) mass is 528 g/mol. The number of halogens is 1. The molecule has 1 saturated carbocycles. The van der Waals surface area contributed by atoms with Gasteiger partial charge in [-0.1, -0.05) is 88.0 Å². The number of hydrogen-bond donors (Lipinski definition) is 1. The predicted molar refractivity (Wildman–Crippen MR) is 157 cm³/mol. The van der Waals surface area contributed by atoms with E-state index in [0.717, 1.165) is 49.4 Å². The smallest absolute Gasteiger partial charge is 0.129 e. The molecule has 0 amide bonds. The van der Waals surface area contributed by atoms with E-state index in [1.807, 2.05) is 11.8 Å². The Hall–Kier alpha value is -1.39. The highest BCUT2D eigenvalue weighted by Gasteiger charge is 2.55. The molecule has 3 aliphatic heterocycles. The first kappa shape index (κ1) is 27.6. The van der Waals surface area contributed by atoms with Gasteiger partial charge in [0.1, 0.15) is 11.6 Å². The number of carbonyl (C=O) groups is 1. The maximum absolute atomic E-state index is 11.3. The lowest BCUT2D eigenvalue weighted by molar-refractivity contribution is -0.117. The Morgan fingerprint density at radius 1 is 1.25 bits per heavy atom. The van der Waals surface area contributed by atoms with Gasteiger partial charge in [0, 0.05) is 24.1 Å². The molecule has 36 heavy (non-hydrogen) atoms. The topological polar surface area (TPSA) is 32.3 Å². The lowest BCUT2D eigenvalue weighted by atomic mass is 9.69. The van der Waals surface area contributed by atoms with Crippen LogP contribution >= 0.6 is 23.4 Å². The second kappa shape index (κ2) is 11.6. The summed E-state index contributed by atoms with van der Waals surface area (Å²) in [6, 6.07) is 7.23. The molecule has 1 aliphatic carbocycles. The molecule has 5 rings (SSSR count). The summed E-state index contributed by atoms with van der Waals surface area (Å²) in [6.45, 7) is 11.9. The number of benzene rings is 1.